The monoisotopic (exact) mass is 286 g/mol. The first kappa shape index (κ1) is 13.8. The molecule has 2 aromatic rings. The first-order chi connectivity index (χ1) is 9.90. The normalized spacial score (nSPS) is 15.8. The molecule has 1 nitrogen and oxygen atoms in total. The van der Waals surface area contributed by atoms with Gasteiger partial charge in [0.2, 0.25) is 0 Å². The van der Waals surface area contributed by atoms with E-state index in [1.54, 1.807) is 0 Å². The number of fused-ring (bicyclic) bond motifs is 1. The topological polar surface area (TPSA) is 9.23 Å². The molecule has 1 fully saturated rings. The zero-order valence-corrected chi connectivity index (χ0v) is 13.0. The summed E-state index contributed by atoms with van der Waals surface area (Å²) in [7, 11) is 0.408. The Kier molecular flexibility index (Phi) is 4.51. The van der Waals surface area contributed by atoms with Gasteiger partial charge in [-0.2, -0.15) is 0 Å². The number of benzene rings is 2. The fourth-order valence-electron chi connectivity index (χ4n) is 2.73. The van der Waals surface area contributed by atoms with Gasteiger partial charge in [0.15, 0.2) is 0 Å². The molecule has 0 aliphatic carbocycles. The molecule has 1 aliphatic rings. The molecule has 2 aromatic carbocycles. The number of hydrogen-bond donors (Lipinski definition) is 0. The lowest BCUT2D eigenvalue weighted by atomic mass is 10.1. The van der Waals surface area contributed by atoms with Crippen LogP contribution in [-0.2, 0) is 10.9 Å². The lowest BCUT2D eigenvalue weighted by molar-refractivity contribution is 0.313. The maximum absolute atomic E-state index is 5.95. The Hall–Kier alpha value is -1.15. The second kappa shape index (κ2) is 6.53. The Morgan fingerprint density at radius 3 is 2.65 bits per heavy atom. The molecule has 20 heavy (non-hydrogen) atoms. The van der Waals surface area contributed by atoms with E-state index in [0.29, 0.717) is 10.9 Å². The third-order valence-electron chi connectivity index (χ3n) is 3.85. The third kappa shape index (κ3) is 2.80. The number of rotatable bonds is 5. The highest BCUT2D eigenvalue weighted by Crippen LogP contribution is 2.34. The van der Waals surface area contributed by atoms with Gasteiger partial charge in [0.25, 0.3) is 0 Å². The molecule has 1 saturated heterocycles. The van der Waals surface area contributed by atoms with E-state index in [4.69, 9.17) is 4.74 Å². The fraction of sp³-hybridized carbons (Fsp3) is 0.444. The molecule has 0 saturated carbocycles. The van der Waals surface area contributed by atoms with E-state index in [1.807, 2.05) is 0 Å². The molecule has 0 N–H and O–H groups in total. The molecule has 0 aromatic heterocycles. The SMILES string of the molecule is CCCCOc1c[c-]c([S+]2CCCC2)c2ccccc12. The van der Waals surface area contributed by atoms with Gasteiger partial charge >= 0.3 is 0 Å². The highest BCUT2D eigenvalue weighted by molar-refractivity contribution is 7.97. The van der Waals surface area contributed by atoms with Crippen molar-refractivity contribution in [2.24, 2.45) is 0 Å². The minimum absolute atomic E-state index is 0.408. The summed E-state index contributed by atoms with van der Waals surface area (Å²) in [5.41, 5.74) is 0. The lowest BCUT2D eigenvalue weighted by Gasteiger charge is -2.19. The predicted octanol–water partition coefficient (Wildman–Crippen LogP) is 4.59. The maximum Gasteiger partial charge on any atom is 0.111 e. The fourth-order valence-corrected chi connectivity index (χ4v) is 5.16. The third-order valence-corrected chi connectivity index (χ3v) is 6.33. The van der Waals surface area contributed by atoms with Crippen LogP contribution in [0.4, 0.5) is 0 Å². The molecule has 0 atom stereocenters. The molecule has 0 bridgehead atoms. The highest BCUT2D eigenvalue weighted by atomic mass is 32.2. The van der Waals surface area contributed by atoms with Crippen LogP contribution in [0, 0.1) is 6.07 Å². The van der Waals surface area contributed by atoms with E-state index in [9.17, 15) is 0 Å². The van der Waals surface area contributed by atoms with Crippen LogP contribution in [0.3, 0.4) is 0 Å². The standard InChI is InChI=1S/C18H22OS/c1-2-3-12-19-17-10-11-18(20-13-6-7-14-20)16-9-5-4-8-15(16)17/h4-5,8-10H,2-3,6-7,12-14H2,1H3. The summed E-state index contributed by atoms with van der Waals surface area (Å²) in [6.45, 7) is 3.00. The molecule has 0 spiro atoms. The van der Waals surface area contributed by atoms with Gasteiger partial charge < -0.3 is 4.74 Å². The quantitative estimate of drug-likeness (QED) is 0.444. The predicted molar refractivity (Wildman–Crippen MR) is 87.8 cm³/mol. The van der Waals surface area contributed by atoms with Gasteiger partial charge in [-0.15, -0.1) is 18.2 Å². The Morgan fingerprint density at radius 1 is 1.15 bits per heavy atom. The summed E-state index contributed by atoms with van der Waals surface area (Å²) in [4.78, 5) is 1.43. The molecular weight excluding hydrogens is 264 g/mol. The summed E-state index contributed by atoms with van der Waals surface area (Å²) in [6.07, 6.45) is 5.03. The van der Waals surface area contributed by atoms with E-state index < -0.39 is 0 Å². The average molecular weight is 286 g/mol. The van der Waals surface area contributed by atoms with Crippen molar-refractivity contribution in [3.05, 3.63) is 36.4 Å². The van der Waals surface area contributed by atoms with Gasteiger partial charge in [0.05, 0.1) is 11.5 Å². The van der Waals surface area contributed by atoms with Gasteiger partial charge in [-0.05, 0) is 30.2 Å². The Morgan fingerprint density at radius 2 is 1.90 bits per heavy atom. The minimum Gasteiger partial charge on any atom is -0.550 e. The molecule has 0 amide bonds. The van der Waals surface area contributed by atoms with Crippen molar-refractivity contribution in [3.63, 3.8) is 0 Å². The maximum atomic E-state index is 5.95. The van der Waals surface area contributed by atoms with Crippen LogP contribution in [0.1, 0.15) is 32.6 Å². The van der Waals surface area contributed by atoms with Crippen molar-refractivity contribution in [3.8, 4) is 5.75 Å². The van der Waals surface area contributed by atoms with E-state index in [0.717, 1.165) is 18.8 Å². The van der Waals surface area contributed by atoms with E-state index in [-0.39, 0.29) is 0 Å². The van der Waals surface area contributed by atoms with Crippen molar-refractivity contribution >= 4 is 21.7 Å². The Labute approximate surface area is 124 Å². The minimum atomic E-state index is 0.408. The Balaban J connectivity index is 1.96. The summed E-state index contributed by atoms with van der Waals surface area (Å²) in [5, 5.41) is 2.61. The summed E-state index contributed by atoms with van der Waals surface area (Å²) < 4.78 is 5.95. The lowest BCUT2D eigenvalue weighted by Crippen LogP contribution is -2.05. The average Bonchev–Trinajstić information content (AvgIpc) is 3.01. The summed E-state index contributed by atoms with van der Waals surface area (Å²) in [6, 6.07) is 14.3. The number of hydrogen-bond acceptors (Lipinski definition) is 1. The molecular formula is C18H22OS. The van der Waals surface area contributed by atoms with Crippen molar-refractivity contribution in [2.75, 3.05) is 18.1 Å². The zero-order valence-electron chi connectivity index (χ0n) is 12.2. The van der Waals surface area contributed by atoms with Crippen molar-refractivity contribution in [1.82, 2.24) is 0 Å². The Bertz CT molecular complexity index is 573. The number of ether oxygens (including phenoxy) is 1. The highest BCUT2D eigenvalue weighted by Gasteiger charge is 2.25. The first-order valence-corrected chi connectivity index (χ1v) is 9.20. The summed E-state index contributed by atoms with van der Waals surface area (Å²) >= 11 is 0. The van der Waals surface area contributed by atoms with Gasteiger partial charge in [0, 0.05) is 5.75 Å². The number of unbranched alkanes of at least 4 members (excludes halogenated alkanes) is 1. The van der Waals surface area contributed by atoms with E-state index in [2.05, 4.69) is 43.3 Å². The van der Waals surface area contributed by atoms with Crippen LogP contribution in [-0.4, -0.2) is 18.1 Å². The molecule has 106 valence electrons. The van der Waals surface area contributed by atoms with Gasteiger partial charge in [0.1, 0.15) is 11.5 Å². The smallest absolute Gasteiger partial charge is 0.111 e. The van der Waals surface area contributed by atoms with Crippen LogP contribution >= 0.6 is 0 Å². The largest absolute Gasteiger partial charge is 0.550 e. The summed E-state index contributed by atoms with van der Waals surface area (Å²) in [5.74, 6) is 3.69. The second-order valence-corrected chi connectivity index (χ2v) is 7.55. The first-order valence-electron chi connectivity index (χ1n) is 7.64. The van der Waals surface area contributed by atoms with Crippen LogP contribution in [0.5, 0.6) is 5.75 Å². The van der Waals surface area contributed by atoms with Gasteiger partial charge in [-0.3, -0.25) is 0 Å². The van der Waals surface area contributed by atoms with E-state index >= 15 is 0 Å². The van der Waals surface area contributed by atoms with Crippen molar-refractivity contribution in [1.29, 1.82) is 0 Å². The van der Waals surface area contributed by atoms with E-state index in [1.165, 1.54) is 46.4 Å². The second-order valence-electron chi connectivity index (χ2n) is 5.34. The molecule has 0 unspecified atom stereocenters. The van der Waals surface area contributed by atoms with Crippen LogP contribution in [0.2, 0.25) is 0 Å². The molecule has 0 radical (unpaired) electrons. The van der Waals surface area contributed by atoms with Crippen molar-refractivity contribution in [2.45, 2.75) is 37.5 Å². The van der Waals surface area contributed by atoms with Crippen molar-refractivity contribution < 1.29 is 4.74 Å². The molecule has 2 heteroatoms. The van der Waals surface area contributed by atoms with Crippen LogP contribution < -0.4 is 4.74 Å². The zero-order chi connectivity index (χ0) is 13.8. The van der Waals surface area contributed by atoms with Crippen LogP contribution in [0.25, 0.3) is 10.8 Å². The van der Waals surface area contributed by atoms with Gasteiger partial charge in [-0.25, -0.2) is 0 Å². The molecule has 3 rings (SSSR count). The molecule has 1 aliphatic heterocycles. The molecule has 1 heterocycles. The van der Waals surface area contributed by atoms with Crippen LogP contribution in [0.15, 0.2) is 35.2 Å². The van der Waals surface area contributed by atoms with Gasteiger partial charge in [-0.1, -0.05) is 42.3 Å².